The fraction of sp³-hybridized carbons (Fsp3) is 0.333. The van der Waals surface area contributed by atoms with Crippen molar-refractivity contribution in [2.24, 2.45) is 5.92 Å². The molecule has 0 heterocycles. The van der Waals surface area contributed by atoms with Crippen molar-refractivity contribution in [2.45, 2.75) is 31.6 Å². The SMILES string of the molecule is CC1Cc2c(cc(O)c(O)c2O)C12CCc1c2cc(O)c(O)c1O. The van der Waals surface area contributed by atoms with E-state index in [1.807, 2.05) is 6.92 Å². The van der Waals surface area contributed by atoms with E-state index in [0.29, 0.717) is 41.5 Å². The van der Waals surface area contributed by atoms with Crippen LogP contribution in [0.15, 0.2) is 12.1 Å². The molecule has 24 heavy (non-hydrogen) atoms. The number of phenols is 6. The summed E-state index contributed by atoms with van der Waals surface area (Å²) in [6.07, 6.45) is 1.61. The molecule has 126 valence electrons. The van der Waals surface area contributed by atoms with Crippen LogP contribution in [0.4, 0.5) is 0 Å². The molecule has 2 aliphatic carbocycles. The highest BCUT2D eigenvalue weighted by molar-refractivity contribution is 5.68. The summed E-state index contributed by atoms with van der Waals surface area (Å²) in [6, 6.07) is 2.90. The van der Waals surface area contributed by atoms with E-state index in [1.165, 1.54) is 12.1 Å². The van der Waals surface area contributed by atoms with Crippen LogP contribution in [0.2, 0.25) is 0 Å². The summed E-state index contributed by atoms with van der Waals surface area (Å²) in [4.78, 5) is 0. The van der Waals surface area contributed by atoms with Crippen LogP contribution in [0.5, 0.6) is 34.5 Å². The lowest BCUT2D eigenvalue weighted by Crippen LogP contribution is -2.28. The summed E-state index contributed by atoms with van der Waals surface area (Å²) in [6.45, 7) is 1.99. The Kier molecular flexibility index (Phi) is 2.72. The molecule has 6 heteroatoms. The Morgan fingerprint density at radius 3 is 1.88 bits per heavy atom. The zero-order valence-corrected chi connectivity index (χ0v) is 13.0. The molecule has 0 saturated heterocycles. The van der Waals surface area contributed by atoms with Gasteiger partial charge in [0.25, 0.3) is 0 Å². The minimum atomic E-state index is -0.601. The van der Waals surface area contributed by atoms with Crippen molar-refractivity contribution >= 4 is 0 Å². The van der Waals surface area contributed by atoms with Gasteiger partial charge < -0.3 is 30.6 Å². The van der Waals surface area contributed by atoms with E-state index in [0.717, 1.165) is 0 Å². The van der Waals surface area contributed by atoms with E-state index in [4.69, 9.17) is 0 Å². The molecular formula is C18H18O6. The van der Waals surface area contributed by atoms with E-state index in [1.54, 1.807) is 0 Å². The van der Waals surface area contributed by atoms with Crippen LogP contribution in [0.1, 0.15) is 35.6 Å². The van der Waals surface area contributed by atoms with Crippen molar-refractivity contribution in [3.05, 3.63) is 34.4 Å². The molecular weight excluding hydrogens is 312 g/mol. The van der Waals surface area contributed by atoms with Gasteiger partial charge in [-0.3, -0.25) is 0 Å². The van der Waals surface area contributed by atoms with E-state index < -0.39 is 28.4 Å². The molecule has 2 unspecified atom stereocenters. The zero-order chi connectivity index (χ0) is 17.4. The van der Waals surface area contributed by atoms with Crippen LogP contribution in [0.25, 0.3) is 0 Å². The highest BCUT2D eigenvalue weighted by Crippen LogP contribution is 2.61. The van der Waals surface area contributed by atoms with Gasteiger partial charge in [-0.25, -0.2) is 0 Å². The van der Waals surface area contributed by atoms with Crippen LogP contribution in [0, 0.1) is 5.92 Å². The first-order valence-corrected chi connectivity index (χ1v) is 7.83. The third kappa shape index (κ3) is 1.50. The van der Waals surface area contributed by atoms with Crippen molar-refractivity contribution < 1.29 is 30.6 Å². The van der Waals surface area contributed by atoms with E-state index in [9.17, 15) is 30.6 Å². The standard InChI is InChI=1S/C18H18O6/c1-7-4-9-11(6-13(20)17(24)15(9)22)18(7)3-2-8-10(18)5-12(19)16(23)14(8)21/h5-7,19-24H,2-4H2,1H3. The summed E-state index contributed by atoms with van der Waals surface area (Å²) < 4.78 is 0. The molecule has 6 nitrogen and oxygen atoms in total. The average molecular weight is 330 g/mol. The Morgan fingerprint density at radius 1 is 0.792 bits per heavy atom. The second kappa shape index (κ2) is 4.41. The topological polar surface area (TPSA) is 121 Å². The maximum atomic E-state index is 10.2. The van der Waals surface area contributed by atoms with Crippen LogP contribution in [-0.4, -0.2) is 30.6 Å². The maximum Gasteiger partial charge on any atom is 0.200 e. The number of hydrogen-bond donors (Lipinski definition) is 6. The normalized spacial score (nSPS) is 24.3. The Balaban J connectivity index is 2.05. The Bertz CT molecular complexity index is 872. The second-order valence-electron chi connectivity index (χ2n) is 6.81. The molecule has 0 aromatic heterocycles. The number of rotatable bonds is 0. The largest absolute Gasteiger partial charge is 0.504 e. The molecule has 0 fully saturated rings. The van der Waals surface area contributed by atoms with Crippen molar-refractivity contribution in [1.29, 1.82) is 0 Å². The third-order valence-electron chi connectivity index (χ3n) is 5.80. The van der Waals surface area contributed by atoms with Crippen LogP contribution < -0.4 is 0 Å². The van der Waals surface area contributed by atoms with E-state index in [-0.39, 0.29) is 17.4 Å². The van der Waals surface area contributed by atoms with Crippen molar-refractivity contribution in [3.8, 4) is 34.5 Å². The molecule has 0 saturated carbocycles. The Labute approximate surface area is 137 Å². The maximum absolute atomic E-state index is 10.2. The molecule has 2 aromatic rings. The summed E-state index contributed by atoms with van der Waals surface area (Å²) >= 11 is 0. The summed E-state index contributed by atoms with van der Waals surface area (Å²) in [7, 11) is 0. The smallest absolute Gasteiger partial charge is 0.200 e. The first-order chi connectivity index (χ1) is 11.3. The van der Waals surface area contributed by atoms with Gasteiger partial charge in [-0.05, 0) is 48.4 Å². The van der Waals surface area contributed by atoms with Gasteiger partial charge in [0.15, 0.2) is 23.0 Å². The molecule has 1 spiro atoms. The first-order valence-electron chi connectivity index (χ1n) is 7.83. The van der Waals surface area contributed by atoms with Gasteiger partial charge >= 0.3 is 0 Å². The molecule has 2 atom stereocenters. The highest BCUT2D eigenvalue weighted by Gasteiger charge is 2.52. The molecule has 6 N–H and O–H groups in total. The monoisotopic (exact) mass is 330 g/mol. The van der Waals surface area contributed by atoms with Gasteiger partial charge in [0.1, 0.15) is 0 Å². The van der Waals surface area contributed by atoms with Gasteiger partial charge in [0.2, 0.25) is 11.5 Å². The molecule has 4 rings (SSSR count). The Morgan fingerprint density at radius 2 is 1.29 bits per heavy atom. The first kappa shape index (κ1) is 14.8. The number of phenolic OH excluding ortho intramolecular Hbond substituents is 6. The van der Waals surface area contributed by atoms with Crippen LogP contribution >= 0.6 is 0 Å². The number of benzene rings is 2. The molecule has 0 amide bonds. The highest BCUT2D eigenvalue weighted by atomic mass is 16.3. The molecule has 0 radical (unpaired) electrons. The van der Waals surface area contributed by atoms with E-state index >= 15 is 0 Å². The summed E-state index contributed by atoms with van der Waals surface area (Å²) in [5.41, 5.74) is 1.91. The summed E-state index contributed by atoms with van der Waals surface area (Å²) in [5, 5.41) is 59.9. The predicted molar refractivity (Wildman–Crippen MR) is 84.8 cm³/mol. The molecule has 2 aliphatic rings. The fourth-order valence-corrected chi connectivity index (χ4v) is 4.62. The number of aromatic hydroxyl groups is 6. The second-order valence-corrected chi connectivity index (χ2v) is 6.81. The van der Waals surface area contributed by atoms with Gasteiger partial charge in [-0.1, -0.05) is 6.92 Å². The molecule has 2 aromatic carbocycles. The van der Waals surface area contributed by atoms with Crippen molar-refractivity contribution in [2.75, 3.05) is 0 Å². The van der Waals surface area contributed by atoms with E-state index in [2.05, 4.69) is 0 Å². The third-order valence-corrected chi connectivity index (χ3v) is 5.80. The lowest BCUT2D eigenvalue weighted by atomic mass is 9.71. The molecule has 0 bridgehead atoms. The van der Waals surface area contributed by atoms with Gasteiger partial charge in [-0.15, -0.1) is 0 Å². The van der Waals surface area contributed by atoms with Crippen LogP contribution in [0.3, 0.4) is 0 Å². The predicted octanol–water partition coefficient (Wildman–Crippen LogP) is 2.34. The minimum Gasteiger partial charge on any atom is -0.504 e. The van der Waals surface area contributed by atoms with Gasteiger partial charge in [0, 0.05) is 16.5 Å². The van der Waals surface area contributed by atoms with Crippen LogP contribution in [-0.2, 0) is 18.3 Å². The minimum absolute atomic E-state index is 0.0178. The lowest BCUT2D eigenvalue weighted by Gasteiger charge is -2.32. The zero-order valence-electron chi connectivity index (χ0n) is 13.0. The van der Waals surface area contributed by atoms with Gasteiger partial charge in [-0.2, -0.15) is 0 Å². The fourth-order valence-electron chi connectivity index (χ4n) is 4.62. The average Bonchev–Trinajstić information content (AvgIpc) is 3.05. The Hall–Kier alpha value is -2.76. The van der Waals surface area contributed by atoms with Gasteiger partial charge in [0.05, 0.1) is 0 Å². The van der Waals surface area contributed by atoms with Crippen molar-refractivity contribution in [1.82, 2.24) is 0 Å². The molecule has 0 aliphatic heterocycles. The number of fused-ring (bicyclic) bond motifs is 4. The summed E-state index contributed by atoms with van der Waals surface area (Å²) in [5.74, 6) is -2.50. The lowest BCUT2D eigenvalue weighted by molar-refractivity contribution is 0.359. The van der Waals surface area contributed by atoms with Crippen molar-refractivity contribution in [3.63, 3.8) is 0 Å². The number of hydrogen-bond acceptors (Lipinski definition) is 6. The quantitative estimate of drug-likeness (QED) is 0.412.